The Kier molecular flexibility index (Phi) is 8.55. The molecule has 12 heteroatoms. The molecule has 1 fully saturated rings. The lowest BCUT2D eigenvalue weighted by atomic mass is 9.95. The highest BCUT2D eigenvalue weighted by Crippen LogP contribution is 2.33. The minimum absolute atomic E-state index is 0.00252. The SMILES string of the molecule is CCN(C1CCCCC1)S(=O)(=O)c1ccc(C(=O)N(Cc2cccnc2)c2nc3ccc(S(C)(=O)=O)cc3s2)cc1. The van der Waals surface area contributed by atoms with Crippen molar-refractivity contribution in [3.05, 3.63) is 78.1 Å². The predicted octanol–water partition coefficient (Wildman–Crippen LogP) is 5.29. The van der Waals surface area contributed by atoms with Gasteiger partial charge in [0.25, 0.3) is 5.91 Å². The average Bonchev–Trinajstić information content (AvgIpc) is 3.40. The van der Waals surface area contributed by atoms with Crippen LogP contribution in [-0.2, 0) is 26.4 Å². The van der Waals surface area contributed by atoms with Crippen molar-refractivity contribution in [2.45, 2.75) is 61.4 Å². The smallest absolute Gasteiger partial charge is 0.260 e. The summed E-state index contributed by atoms with van der Waals surface area (Å²) in [6, 6.07) is 14.4. The first-order valence-electron chi connectivity index (χ1n) is 13.5. The molecule has 9 nitrogen and oxygen atoms in total. The first-order valence-corrected chi connectivity index (χ1v) is 17.7. The van der Waals surface area contributed by atoms with Gasteiger partial charge in [-0.25, -0.2) is 21.8 Å². The summed E-state index contributed by atoms with van der Waals surface area (Å²) in [5, 5.41) is 0.394. The van der Waals surface area contributed by atoms with Crippen LogP contribution >= 0.6 is 11.3 Å². The van der Waals surface area contributed by atoms with E-state index in [4.69, 9.17) is 0 Å². The molecule has 216 valence electrons. The van der Waals surface area contributed by atoms with Crippen molar-refractivity contribution < 1.29 is 21.6 Å². The normalized spacial score (nSPS) is 14.9. The molecular formula is C29H32N4O5S3. The van der Waals surface area contributed by atoms with Crippen molar-refractivity contribution in [1.29, 1.82) is 0 Å². The summed E-state index contributed by atoms with van der Waals surface area (Å²) in [6.07, 6.45) is 9.36. The highest BCUT2D eigenvalue weighted by molar-refractivity contribution is 7.90. The van der Waals surface area contributed by atoms with Crippen LogP contribution in [0.1, 0.15) is 54.9 Å². The molecule has 41 heavy (non-hydrogen) atoms. The number of thiazole rings is 1. The van der Waals surface area contributed by atoms with Crippen molar-refractivity contribution in [2.75, 3.05) is 17.7 Å². The summed E-state index contributed by atoms with van der Waals surface area (Å²) >= 11 is 1.21. The number of amides is 1. The van der Waals surface area contributed by atoms with E-state index < -0.39 is 19.9 Å². The van der Waals surface area contributed by atoms with E-state index in [1.54, 1.807) is 34.9 Å². The van der Waals surface area contributed by atoms with Crippen LogP contribution in [0.2, 0.25) is 0 Å². The Morgan fingerprint density at radius 1 is 0.976 bits per heavy atom. The van der Waals surface area contributed by atoms with Gasteiger partial charge in [0.1, 0.15) is 0 Å². The fourth-order valence-corrected chi connectivity index (χ4v) is 8.61. The van der Waals surface area contributed by atoms with Gasteiger partial charge >= 0.3 is 0 Å². The second kappa shape index (κ2) is 12.0. The van der Waals surface area contributed by atoms with Crippen LogP contribution in [0.4, 0.5) is 5.13 Å². The number of hydrogen-bond acceptors (Lipinski definition) is 8. The van der Waals surface area contributed by atoms with E-state index in [0.29, 0.717) is 27.5 Å². The summed E-state index contributed by atoms with van der Waals surface area (Å²) in [6.45, 7) is 2.43. The molecule has 2 aromatic heterocycles. The first-order chi connectivity index (χ1) is 19.6. The monoisotopic (exact) mass is 612 g/mol. The zero-order valence-electron chi connectivity index (χ0n) is 22.9. The van der Waals surface area contributed by atoms with Gasteiger partial charge in [-0.1, -0.05) is 43.6 Å². The third-order valence-electron chi connectivity index (χ3n) is 7.32. The van der Waals surface area contributed by atoms with E-state index in [0.717, 1.165) is 43.9 Å². The standard InChI is InChI=1S/C29H32N4O5S3/c1-3-33(23-9-5-4-6-10-23)41(37,38)24-13-11-22(12-14-24)28(34)32(20-21-8-7-17-30-19-21)29-31-26-16-15-25(40(2,35)36)18-27(26)39-29/h7-8,11-19,23H,3-6,9-10,20H2,1-2H3. The number of hydrogen-bond donors (Lipinski definition) is 0. The molecule has 0 unspecified atom stereocenters. The Morgan fingerprint density at radius 3 is 2.32 bits per heavy atom. The first kappa shape index (κ1) is 29.3. The third-order valence-corrected chi connectivity index (χ3v) is 11.5. The molecule has 0 saturated heterocycles. The maximum atomic E-state index is 13.9. The van der Waals surface area contributed by atoms with Gasteiger partial charge in [0, 0.05) is 36.8 Å². The van der Waals surface area contributed by atoms with Crippen molar-refractivity contribution >= 4 is 52.5 Å². The molecule has 1 aliphatic carbocycles. The summed E-state index contributed by atoms with van der Waals surface area (Å²) < 4.78 is 53.4. The molecule has 5 rings (SSSR count). The molecule has 0 bridgehead atoms. The molecule has 0 radical (unpaired) electrons. The van der Waals surface area contributed by atoms with Gasteiger partial charge in [-0.15, -0.1) is 0 Å². The van der Waals surface area contributed by atoms with Crippen LogP contribution in [0, 0.1) is 0 Å². The van der Waals surface area contributed by atoms with E-state index in [2.05, 4.69) is 9.97 Å². The van der Waals surface area contributed by atoms with Gasteiger partial charge in [0.05, 0.1) is 26.6 Å². The molecule has 0 N–H and O–H groups in total. The Labute approximate surface area is 244 Å². The minimum Gasteiger partial charge on any atom is -0.279 e. The molecule has 2 heterocycles. The predicted molar refractivity (Wildman–Crippen MR) is 160 cm³/mol. The van der Waals surface area contributed by atoms with E-state index in [9.17, 15) is 21.6 Å². The van der Waals surface area contributed by atoms with Gasteiger partial charge in [-0.2, -0.15) is 4.31 Å². The number of nitrogens with zero attached hydrogens (tertiary/aromatic N) is 4. The lowest BCUT2D eigenvalue weighted by molar-refractivity contribution is 0.0985. The van der Waals surface area contributed by atoms with Crippen LogP contribution in [-0.4, -0.2) is 55.9 Å². The maximum absolute atomic E-state index is 13.9. The highest BCUT2D eigenvalue weighted by atomic mass is 32.2. The number of fused-ring (bicyclic) bond motifs is 1. The average molecular weight is 613 g/mol. The second-order valence-electron chi connectivity index (χ2n) is 10.2. The molecule has 1 saturated carbocycles. The summed E-state index contributed by atoms with van der Waals surface area (Å²) in [5.41, 5.74) is 1.66. The lowest BCUT2D eigenvalue weighted by Gasteiger charge is -2.32. The van der Waals surface area contributed by atoms with E-state index in [1.807, 2.05) is 13.0 Å². The summed E-state index contributed by atoms with van der Waals surface area (Å²) in [7, 11) is -7.11. The number of pyridine rings is 1. The van der Waals surface area contributed by atoms with Crippen LogP contribution in [0.25, 0.3) is 10.2 Å². The van der Waals surface area contributed by atoms with Crippen LogP contribution < -0.4 is 4.90 Å². The Hall–Kier alpha value is -3.19. The van der Waals surface area contributed by atoms with Crippen LogP contribution in [0.15, 0.2) is 76.8 Å². The van der Waals surface area contributed by atoms with Crippen LogP contribution in [0.5, 0.6) is 0 Å². The molecule has 1 amide bonds. The number of carbonyl (C=O) groups excluding carboxylic acids is 1. The van der Waals surface area contributed by atoms with Crippen molar-refractivity contribution in [3.63, 3.8) is 0 Å². The highest BCUT2D eigenvalue weighted by Gasteiger charge is 2.31. The molecule has 0 aliphatic heterocycles. The van der Waals surface area contributed by atoms with E-state index in [1.165, 1.54) is 46.6 Å². The van der Waals surface area contributed by atoms with Crippen LogP contribution in [0.3, 0.4) is 0 Å². The molecule has 0 spiro atoms. The zero-order valence-corrected chi connectivity index (χ0v) is 25.4. The van der Waals surface area contributed by atoms with Gasteiger partial charge in [0.2, 0.25) is 10.0 Å². The molecule has 4 aromatic rings. The fourth-order valence-electron chi connectivity index (χ4n) is 5.19. The number of aromatic nitrogens is 2. The van der Waals surface area contributed by atoms with Crippen molar-refractivity contribution in [1.82, 2.24) is 14.3 Å². The Balaban J connectivity index is 1.47. The van der Waals surface area contributed by atoms with Crippen molar-refractivity contribution in [3.8, 4) is 0 Å². The van der Waals surface area contributed by atoms with E-state index in [-0.39, 0.29) is 28.3 Å². The molecule has 1 aliphatic rings. The van der Waals surface area contributed by atoms with Gasteiger partial charge in [0.15, 0.2) is 15.0 Å². The van der Waals surface area contributed by atoms with Gasteiger partial charge < -0.3 is 0 Å². The summed E-state index contributed by atoms with van der Waals surface area (Å²) in [4.78, 5) is 24.5. The third kappa shape index (κ3) is 6.35. The zero-order chi connectivity index (χ0) is 29.2. The van der Waals surface area contributed by atoms with Gasteiger partial charge in [-0.3, -0.25) is 14.7 Å². The largest absolute Gasteiger partial charge is 0.279 e. The number of benzene rings is 2. The fraction of sp³-hybridized carbons (Fsp3) is 0.345. The molecular weight excluding hydrogens is 581 g/mol. The molecule has 2 aromatic carbocycles. The maximum Gasteiger partial charge on any atom is 0.260 e. The lowest BCUT2D eigenvalue weighted by Crippen LogP contribution is -2.41. The van der Waals surface area contributed by atoms with E-state index >= 15 is 0 Å². The second-order valence-corrected chi connectivity index (χ2v) is 15.1. The van der Waals surface area contributed by atoms with Crippen molar-refractivity contribution in [2.24, 2.45) is 0 Å². The number of sulfone groups is 1. The Morgan fingerprint density at radius 2 is 1.68 bits per heavy atom. The number of sulfonamides is 1. The quantitative estimate of drug-likeness (QED) is 0.252. The number of carbonyl (C=O) groups is 1. The number of anilines is 1. The van der Waals surface area contributed by atoms with Gasteiger partial charge in [-0.05, 0) is 66.9 Å². The minimum atomic E-state index is -3.71. The molecule has 0 atom stereocenters. The summed E-state index contributed by atoms with van der Waals surface area (Å²) in [5.74, 6) is -0.361. The Bertz CT molecular complexity index is 1750. The number of rotatable bonds is 9. The topological polar surface area (TPSA) is 118 Å².